The molecule has 0 saturated heterocycles. The number of hydrogen-bond donors (Lipinski definition) is 1. The van der Waals surface area contributed by atoms with E-state index in [1.807, 2.05) is 0 Å². The van der Waals surface area contributed by atoms with Gasteiger partial charge >= 0.3 is 0 Å². The van der Waals surface area contributed by atoms with Crippen LogP contribution in [-0.4, -0.2) is 24.1 Å². The predicted molar refractivity (Wildman–Crippen MR) is 82.6 cm³/mol. The number of nitrogens with one attached hydrogen (secondary N) is 1. The Hall–Kier alpha value is -0.470. The van der Waals surface area contributed by atoms with Crippen LogP contribution in [0.15, 0.2) is 24.3 Å². The second-order valence-electron chi connectivity index (χ2n) is 5.22. The fraction of sp³-hybridized carbons (Fsp3) is 0.625. The number of hydrogen-bond acceptors (Lipinski definition) is 2. The van der Waals surface area contributed by atoms with Crippen molar-refractivity contribution in [2.24, 2.45) is 0 Å². The molecule has 1 atom stereocenters. The van der Waals surface area contributed by atoms with E-state index in [0.29, 0.717) is 5.92 Å². The van der Waals surface area contributed by atoms with E-state index in [0.717, 1.165) is 12.6 Å². The zero-order valence-corrected chi connectivity index (χ0v) is 12.4. The average Bonchev–Trinajstić information content (AvgIpc) is 3.19. The summed E-state index contributed by atoms with van der Waals surface area (Å²) in [6.07, 6.45) is 4.05. The highest BCUT2D eigenvalue weighted by molar-refractivity contribution is 7.99. The molecule has 0 amide bonds. The largest absolute Gasteiger partial charge is 0.313 e. The molecule has 0 aromatic heterocycles. The van der Waals surface area contributed by atoms with Crippen LogP contribution in [0.3, 0.4) is 0 Å². The van der Waals surface area contributed by atoms with Crippen LogP contribution in [0.2, 0.25) is 0 Å². The fourth-order valence-electron chi connectivity index (χ4n) is 2.38. The Labute approximate surface area is 116 Å². The van der Waals surface area contributed by atoms with Gasteiger partial charge in [-0.25, -0.2) is 0 Å². The van der Waals surface area contributed by atoms with Gasteiger partial charge in [-0.05, 0) is 54.7 Å². The summed E-state index contributed by atoms with van der Waals surface area (Å²) < 4.78 is 0. The van der Waals surface area contributed by atoms with Gasteiger partial charge in [0.05, 0.1) is 0 Å². The molecular formula is C16H25NS. The van der Waals surface area contributed by atoms with Crippen molar-refractivity contribution in [3.63, 3.8) is 0 Å². The van der Waals surface area contributed by atoms with E-state index in [1.165, 1.54) is 36.3 Å². The van der Waals surface area contributed by atoms with Crippen LogP contribution in [0.4, 0.5) is 0 Å². The van der Waals surface area contributed by atoms with Gasteiger partial charge < -0.3 is 5.32 Å². The first-order valence-corrected chi connectivity index (χ1v) is 8.33. The molecule has 0 bridgehead atoms. The van der Waals surface area contributed by atoms with Gasteiger partial charge in [0.25, 0.3) is 0 Å². The van der Waals surface area contributed by atoms with Crippen LogP contribution in [0, 0.1) is 6.92 Å². The summed E-state index contributed by atoms with van der Waals surface area (Å²) >= 11 is 2.06. The zero-order chi connectivity index (χ0) is 12.8. The minimum atomic E-state index is 0.686. The minimum Gasteiger partial charge on any atom is -0.313 e. The Morgan fingerprint density at radius 2 is 2.11 bits per heavy atom. The van der Waals surface area contributed by atoms with Gasteiger partial charge in [0.15, 0.2) is 0 Å². The maximum atomic E-state index is 3.70. The first-order chi connectivity index (χ1) is 8.81. The van der Waals surface area contributed by atoms with Crippen molar-refractivity contribution in [3.8, 4) is 0 Å². The number of benzene rings is 1. The lowest BCUT2D eigenvalue weighted by atomic mass is 9.92. The van der Waals surface area contributed by atoms with Crippen molar-refractivity contribution in [2.75, 3.05) is 18.1 Å². The lowest BCUT2D eigenvalue weighted by molar-refractivity contribution is 0.568. The van der Waals surface area contributed by atoms with E-state index in [4.69, 9.17) is 0 Å². The number of aryl methyl sites for hydroxylation is 1. The molecule has 18 heavy (non-hydrogen) atoms. The highest BCUT2D eigenvalue weighted by atomic mass is 32.2. The summed E-state index contributed by atoms with van der Waals surface area (Å²) in [5, 5.41) is 3.70. The van der Waals surface area contributed by atoms with Crippen LogP contribution in [0.25, 0.3) is 0 Å². The molecule has 0 spiro atoms. The third-order valence-corrected chi connectivity index (χ3v) is 4.61. The molecule has 0 aliphatic heterocycles. The molecule has 1 aliphatic rings. The Morgan fingerprint density at radius 1 is 1.33 bits per heavy atom. The van der Waals surface area contributed by atoms with Crippen molar-refractivity contribution in [3.05, 3.63) is 35.4 Å². The van der Waals surface area contributed by atoms with Gasteiger partial charge in [-0.1, -0.05) is 31.2 Å². The topological polar surface area (TPSA) is 12.0 Å². The van der Waals surface area contributed by atoms with Gasteiger partial charge in [-0.15, -0.1) is 0 Å². The van der Waals surface area contributed by atoms with Gasteiger partial charge in [-0.3, -0.25) is 0 Å². The lowest BCUT2D eigenvalue weighted by Gasteiger charge is -2.20. The summed E-state index contributed by atoms with van der Waals surface area (Å²) in [7, 11) is 0. The van der Waals surface area contributed by atoms with Crippen molar-refractivity contribution >= 4 is 11.8 Å². The Balaban J connectivity index is 1.95. The summed E-state index contributed by atoms with van der Waals surface area (Å²) in [6, 6.07) is 9.69. The quantitative estimate of drug-likeness (QED) is 0.712. The van der Waals surface area contributed by atoms with E-state index < -0.39 is 0 Å². The Morgan fingerprint density at radius 3 is 2.78 bits per heavy atom. The highest BCUT2D eigenvalue weighted by Crippen LogP contribution is 2.26. The first-order valence-electron chi connectivity index (χ1n) is 7.18. The monoisotopic (exact) mass is 263 g/mol. The van der Waals surface area contributed by atoms with Gasteiger partial charge in [0.1, 0.15) is 0 Å². The Kier molecular flexibility index (Phi) is 5.58. The second kappa shape index (κ2) is 7.20. The van der Waals surface area contributed by atoms with Crippen molar-refractivity contribution in [2.45, 2.75) is 45.1 Å². The van der Waals surface area contributed by atoms with E-state index in [2.05, 4.69) is 55.2 Å². The predicted octanol–water partition coefficient (Wildman–Crippen LogP) is 3.97. The highest BCUT2D eigenvalue weighted by Gasteiger charge is 2.22. The smallest absolute Gasteiger partial charge is 0.00684 e. The molecule has 0 heterocycles. The molecule has 1 N–H and O–H groups in total. The SMILES string of the molecule is CCSCCC(CNC1CC1)c1ccccc1C. The molecule has 1 aliphatic carbocycles. The van der Waals surface area contributed by atoms with Gasteiger partial charge in [0.2, 0.25) is 0 Å². The third-order valence-electron chi connectivity index (χ3n) is 3.67. The zero-order valence-electron chi connectivity index (χ0n) is 11.6. The van der Waals surface area contributed by atoms with Crippen LogP contribution in [-0.2, 0) is 0 Å². The molecule has 1 fully saturated rings. The van der Waals surface area contributed by atoms with E-state index in [-0.39, 0.29) is 0 Å². The first kappa shape index (κ1) is 14.0. The van der Waals surface area contributed by atoms with Crippen LogP contribution < -0.4 is 5.32 Å². The molecule has 1 nitrogen and oxygen atoms in total. The Bertz CT molecular complexity index is 360. The summed E-state index contributed by atoms with van der Waals surface area (Å²) in [6.45, 7) is 5.64. The van der Waals surface area contributed by atoms with Crippen LogP contribution in [0.5, 0.6) is 0 Å². The lowest BCUT2D eigenvalue weighted by Crippen LogP contribution is -2.24. The van der Waals surface area contributed by atoms with Crippen molar-refractivity contribution in [1.29, 1.82) is 0 Å². The summed E-state index contributed by atoms with van der Waals surface area (Å²) in [5.41, 5.74) is 2.99. The summed E-state index contributed by atoms with van der Waals surface area (Å²) in [5.74, 6) is 3.20. The third kappa shape index (κ3) is 4.33. The summed E-state index contributed by atoms with van der Waals surface area (Å²) in [4.78, 5) is 0. The average molecular weight is 263 g/mol. The van der Waals surface area contributed by atoms with Crippen LogP contribution >= 0.6 is 11.8 Å². The van der Waals surface area contributed by atoms with Gasteiger partial charge in [0, 0.05) is 12.6 Å². The van der Waals surface area contributed by atoms with E-state index in [9.17, 15) is 0 Å². The number of thioether (sulfide) groups is 1. The van der Waals surface area contributed by atoms with E-state index in [1.54, 1.807) is 5.56 Å². The van der Waals surface area contributed by atoms with Gasteiger partial charge in [-0.2, -0.15) is 11.8 Å². The molecule has 2 heteroatoms. The minimum absolute atomic E-state index is 0.686. The van der Waals surface area contributed by atoms with E-state index >= 15 is 0 Å². The molecule has 1 aromatic rings. The van der Waals surface area contributed by atoms with Crippen molar-refractivity contribution in [1.82, 2.24) is 5.32 Å². The van der Waals surface area contributed by atoms with Crippen molar-refractivity contribution < 1.29 is 0 Å². The molecule has 0 radical (unpaired) electrons. The molecule has 100 valence electrons. The molecule has 1 saturated carbocycles. The fourth-order valence-corrected chi connectivity index (χ4v) is 3.12. The molecular weight excluding hydrogens is 238 g/mol. The second-order valence-corrected chi connectivity index (χ2v) is 6.62. The molecule has 2 rings (SSSR count). The molecule has 1 unspecified atom stereocenters. The standard InChI is InChI=1S/C16H25NS/c1-3-18-11-10-14(12-17-15-8-9-15)16-7-5-4-6-13(16)2/h4-7,14-15,17H,3,8-12H2,1-2H3. The normalized spacial score (nSPS) is 16.8. The molecule has 1 aromatic carbocycles. The maximum absolute atomic E-state index is 3.70. The maximum Gasteiger partial charge on any atom is 0.00684 e. The number of rotatable bonds is 8. The van der Waals surface area contributed by atoms with Crippen LogP contribution in [0.1, 0.15) is 43.2 Å².